The number of amides is 1. The lowest BCUT2D eigenvalue weighted by Crippen LogP contribution is -2.28. The topological polar surface area (TPSA) is 75.8 Å². The van der Waals surface area contributed by atoms with Gasteiger partial charge in [0.15, 0.2) is 0 Å². The summed E-state index contributed by atoms with van der Waals surface area (Å²) in [5.74, 6) is -0.137. The zero-order valence-electron chi connectivity index (χ0n) is 15.2. The highest BCUT2D eigenvalue weighted by atomic mass is 35.5. The van der Waals surface area contributed by atoms with Gasteiger partial charge in [-0.25, -0.2) is 5.01 Å². The van der Waals surface area contributed by atoms with E-state index < -0.39 is 4.92 Å². The van der Waals surface area contributed by atoms with Gasteiger partial charge >= 0.3 is 0 Å². The lowest BCUT2D eigenvalue weighted by molar-refractivity contribution is -0.384. The standard InChI is InChI=1S/C21H16ClN3O3S/c22-16-7-3-14(4-8-16)12-21(26)24-19(13-18(23-24)20-2-1-11-29-20)15-5-9-17(10-6-15)25(27)28/h1-11,19H,12-13H2. The van der Waals surface area contributed by atoms with Gasteiger partial charge in [-0.2, -0.15) is 5.10 Å². The number of hydrogen-bond donors (Lipinski definition) is 0. The molecule has 6 nitrogen and oxygen atoms in total. The number of nitrogens with zero attached hydrogens (tertiary/aromatic N) is 3. The first kappa shape index (κ1) is 19.3. The Morgan fingerprint density at radius 2 is 1.90 bits per heavy atom. The van der Waals surface area contributed by atoms with Crippen LogP contribution in [0.4, 0.5) is 5.69 Å². The quantitative estimate of drug-likeness (QED) is 0.415. The van der Waals surface area contributed by atoms with Crippen LogP contribution in [-0.2, 0) is 11.2 Å². The summed E-state index contributed by atoms with van der Waals surface area (Å²) in [6.45, 7) is 0. The molecule has 8 heteroatoms. The monoisotopic (exact) mass is 425 g/mol. The maximum absolute atomic E-state index is 13.1. The van der Waals surface area contributed by atoms with E-state index in [1.807, 2.05) is 29.6 Å². The smallest absolute Gasteiger partial charge is 0.269 e. The molecule has 0 spiro atoms. The maximum Gasteiger partial charge on any atom is 0.269 e. The summed E-state index contributed by atoms with van der Waals surface area (Å²) in [4.78, 5) is 24.6. The molecular formula is C21H16ClN3O3S. The minimum Gasteiger partial charge on any atom is -0.273 e. The summed E-state index contributed by atoms with van der Waals surface area (Å²) in [6, 6.07) is 17.1. The van der Waals surface area contributed by atoms with Crippen molar-refractivity contribution >= 4 is 40.2 Å². The Kier molecular flexibility index (Phi) is 5.42. The number of halogens is 1. The second kappa shape index (κ2) is 8.14. The number of nitro benzene ring substituents is 1. The fourth-order valence-electron chi connectivity index (χ4n) is 3.27. The number of hydrogen-bond acceptors (Lipinski definition) is 5. The van der Waals surface area contributed by atoms with E-state index >= 15 is 0 Å². The van der Waals surface area contributed by atoms with E-state index in [-0.39, 0.29) is 24.1 Å². The van der Waals surface area contributed by atoms with Gasteiger partial charge in [0.25, 0.3) is 5.69 Å². The number of thiophene rings is 1. The van der Waals surface area contributed by atoms with Crippen LogP contribution in [0.5, 0.6) is 0 Å². The van der Waals surface area contributed by atoms with Crippen molar-refractivity contribution < 1.29 is 9.72 Å². The van der Waals surface area contributed by atoms with Gasteiger partial charge in [0, 0.05) is 23.6 Å². The minimum atomic E-state index is -0.435. The van der Waals surface area contributed by atoms with Crippen molar-refractivity contribution in [3.63, 3.8) is 0 Å². The van der Waals surface area contributed by atoms with Gasteiger partial charge < -0.3 is 0 Å². The summed E-state index contributed by atoms with van der Waals surface area (Å²) in [5, 5.41) is 19.7. The number of non-ortho nitro benzene ring substituents is 1. The fourth-order valence-corrected chi connectivity index (χ4v) is 4.11. The average Bonchev–Trinajstić information content (AvgIpc) is 3.39. The molecule has 0 bridgehead atoms. The fraction of sp³-hybridized carbons (Fsp3) is 0.143. The molecule has 1 aromatic heterocycles. The van der Waals surface area contributed by atoms with Crippen LogP contribution in [0.15, 0.2) is 71.1 Å². The molecule has 2 aromatic carbocycles. The molecule has 0 fully saturated rings. The third kappa shape index (κ3) is 4.21. The molecular weight excluding hydrogens is 410 g/mol. The van der Waals surface area contributed by atoms with Crippen LogP contribution in [0.3, 0.4) is 0 Å². The third-order valence-corrected chi connectivity index (χ3v) is 5.90. The van der Waals surface area contributed by atoms with E-state index in [1.54, 1.807) is 35.6 Å². The van der Waals surface area contributed by atoms with Gasteiger partial charge in [-0.1, -0.05) is 41.9 Å². The van der Waals surface area contributed by atoms with Gasteiger partial charge in [0.2, 0.25) is 5.91 Å². The molecule has 1 aliphatic heterocycles. The lowest BCUT2D eigenvalue weighted by Gasteiger charge is -2.22. The molecule has 0 aliphatic carbocycles. The second-order valence-corrected chi connectivity index (χ2v) is 8.02. The van der Waals surface area contributed by atoms with E-state index in [0.717, 1.165) is 21.7 Å². The Hall–Kier alpha value is -3.03. The average molecular weight is 426 g/mol. The Balaban J connectivity index is 1.62. The highest BCUT2D eigenvalue weighted by Crippen LogP contribution is 2.35. The van der Waals surface area contributed by atoms with E-state index in [2.05, 4.69) is 5.10 Å². The number of carbonyl (C=O) groups excluding carboxylic acids is 1. The van der Waals surface area contributed by atoms with E-state index in [4.69, 9.17) is 11.6 Å². The Morgan fingerprint density at radius 3 is 2.52 bits per heavy atom. The molecule has 146 valence electrons. The number of carbonyl (C=O) groups is 1. The molecule has 1 atom stereocenters. The summed E-state index contributed by atoms with van der Waals surface area (Å²) in [7, 11) is 0. The van der Waals surface area contributed by atoms with Gasteiger partial charge in [-0.15, -0.1) is 11.3 Å². The van der Waals surface area contributed by atoms with Crippen LogP contribution < -0.4 is 0 Å². The van der Waals surface area contributed by atoms with Crippen LogP contribution in [0.1, 0.15) is 28.5 Å². The second-order valence-electron chi connectivity index (χ2n) is 6.63. The van der Waals surface area contributed by atoms with Crippen LogP contribution in [0.2, 0.25) is 5.02 Å². The maximum atomic E-state index is 13.1. The van der Waals surface area contributed by atoms with Crippen molar-refractivity contribution in [3.8, 4) is 0 Å². The van der Waals surface area contributed by atoms with Crippen molar-refractivity contribution in [3.05, 3.63) is 97.2 Å². The molecule has 0 saturated heterocycles. The van der Waals surface area contributed by atoms with Crippen molar-refractivity contribution in [1.82, 2.24) is 5.01 Å². The molecule has 0 saturated carbocycles. The van der Waals surface area contributed by atoms with Gasteiger partial charge in [-0.3, -0.25) is 14.9 Å². The Labute approximate surface area is 176 Å². The predicted molar refractivity (Wildman–Crippen MR) is 113 cm³/mol. The van der Waals surface area contributed by atoms with E-state index in [0.29, 0.717) is 11.4 Å². The molecule has 1 unspecified atom stereocenters. The first-order chi connectivity index (χ1) is 14.0. The molecule has 1 amide bonds. The largest absolute Gasteiger partial charge is 0.273 e. The molecule has 29 heavy (non-hydrogen) atoms. The number of rotatable bonds is 5. The number of nitro groups is 1. The zero-order chi connectivity index (χ0) is 20.4. The minimum absolute atomic E-state index is 0.0187. The van der Waals surface area contributed by atoms with Gasteiger partial charge in [0.1, 0.15) is 0 Å². The first-order valence-electron chi connectivity index (χ1n) is 8.93. The SMILES string of the molecule is O=C(Cc1ccc(Cl)cc1)N1N=C(c2cccs2)CC1c1ccc([N+](=O)[O-])cc1. The number of benzene rings is 2. The molecule has 4 rings (SSSR count). The predicted octanol–water partition coefficient (Wildman–Crippen LogP) is 5.23. The van der Waals surface area contributed by atoms with E-state index in [1.165, 1.54) is 17.1 Å². The van der Waals surface area contributed by atoms with Gasteiger partial charge in [-0.05, 0) is 34.7 Å². The molecule has 3 aromatic rings. The van der Waals surface area contributed by atoms with E-state index in [9.17, 15) is 14.9 Å². The van der Waals surface area contributed by atoms with Crippen molar-refractivity contribution in [2.45, 2.75) is 18.9 Å². The lowest BCUT2D eigenvalue weighted by atomic mass is 10.0. The third-order valence-electron chi connectivity index (χ3n) is 4.73. The molecule has 0 N–H and O–H groups in total. The highest BCUT2D eigenvalue weighted by Gasteiger charge is 2.33. The zero-order valence-corrected chi connectivity index (χ0v) is 16.8. The summed E-state index contributed by atoms with van der Waals surface area (Å²) < 4.78 is 0. The first-order valence-corrected chi connectivity index (χ1v) is 10.2. The molecule has 1 aliphatic rings. The van der Waals surface area contributed by atoms with Crippen molar-refractivity contribution in [2.75, 3.05) is 0 Å². The molecule has 2 heterocycles. The molecule has 0 radical (unpaired) electrons. The summed E-state index contributed by atoms with van der Waals surface area (Å²) >= 11 is 7.50. The summed E-state index contributed by atoms with van der Waals surface area (Å²) in [5.41, 5.74) is 2.52. The van der Waals surface area contributed by atoms with Crippen LogP contribution in [0, 0.1) is 10.1 Å². The summed E-state index contributed by atoms with van der Waals surface area (Å²) in [6.07, 6.45) is 0.757. The van der Waals surface area contributed by atoms with Crippen molar-refractivity contribution in [1.29, 1.82) is 0 Å². The highest BCUT2D eigenvalue weighted by molar-refractivity contribution is 7.12. The van der Waals surface area contributed by atoms with Crippen LogP contribution >= 0.6 is 22.9 Å². The number of hydrazone groups is 1. The van der Waals surface area contributed by atoms with Gasteiger partial charge in [0.05, 0.1) is 28.0 Å². The van der Waals surface area contributed by atoms with Crippen LogP contribution in [-0.4, -0.2) is 21.6 Å². The Morgan fingerprint density at radius 1 is 1.17 bits per heavy atom. The van der Waals surface area contributed by atoms with Crippen LogP contribution in [0.25, 0.3) is 0 Å². The normalized spacial score (nSPS) is 16.0. The van der Waals surface area contributed by atoms with Crippen molar-refractivity contribution in [2.24, 2.45) is 5.10 Å². The Bertz CT molecular complexity index is 1060.